The molecule has 1 atom stereocenters. The van der Waals surface area contributed by atoms with Gasteiger partial charge in [-0.1, -0.05) is 0 Å². The molecule has 5 rings (SSSR count). The van der Waals surface area contributed by atoms with Gasteiger partial charge in [0.2, 0.25) is 0 Å². The first kappa shape index (κ1) is 18.7. The molecular formula is C20H23FN8O. The number of anilines is 1. The predicted molar refractivity (Wildman–Crippen MR) is 111 cm³/mol. The number of hydrogen-bond donors (Lipinski definition) is 1. The molecule has 0 saturated carbocycles. The lowest BCUT2D eigenvalue weighted by Crippen LogP contribution is -2.44. The number of nitrogens with one attached hydrogen (secondary N) is 1. The van der Waals surface area contributed by atoms with Crippen LogP contribution in [0.5, 0.6) is 0 Å². The normalized spacial score (nSPS) is 17.2. The summed E-state index contributed by atoms with van der Waals surface area (Å²) in [4.78, 5) is 7.24. The number of pyridine rings is 1. The number of aromatic nitrogens is 7. The minimum absolute atomic E-state index is 0.192. The van der Waals surface area contributed by atoms with Crippen LogP contribution < -0.4 is 4.90 Å². The summed E-state index contributed by atoms with van der Waals surface area (Å²) < 4.78 is 22.2. The van der Waals surface area contributed by atoms with Gasteiger partial charge in [0.1, 0.15) is 29.4 Å². The number of morpholine rings is 1. The minimum atomic E-state index is -0.486. The SMILES string of the molecule is C[C@@H]1COCCN1c1cc(-c2ccnn2CCF)c2c(n1)c(-c1cc[nH]n1)nn2C. The molecular weight excluding hydrogens is 387 g/mol. The Kier molecular flexibility index (Phi) is 4.70. The molecule has 4 aromatic heterocycles. The van der Waals surface area contributed by atoms with E-state index in [1.165, 1.54) is 0 Å². The Balaban J connectivity index is 1.78. The molecule has 0 aliphatic carbocycles. The number of aryl methyl sites for hydroxylation is 2. The molecule has 0 spiro atoms. The van der Waals surface area contributed by atoms with E-state index < -0.39 is 6.67 Å². The third-order valence-electron chi connectivity index (χ3n) is 5.47. The summed E-state index contributed by atoms with van der Waals surface area (Å²) in [5.74, 6) is 0.839. The van der Waals surface area contributed by atoms with Crippen LogP contribution in [0.3, 0.4) is 0 Å². The zero-order valence-electron chi connectivity index (χ0n) is 16.9. The van der Waals surface area contributed by atoms with Gasteiger partial charge < -0.3 is 9.64 Å². The number of hydrogen-bond acceptors (Lipinski definition) is 6. The molecule has 1 aliphatic heterocycles. The van der Waals surface area contributed by atoms with Crippen molar-refractivity contribution < 1.29 is 9.13 Å². The second-order valence-corrected chi connectivity index (χ2v) is 7.40. The van der Waals surface area contributed by atoms with Gasteiger partial charge in [-0.3, -0.25) is 14.5 Å². The number of ether oxygens (including phenoxy) is 1. The molecule has 156 valence electrons. The van der Waals surface area contributed by atoms with E-state index in [0.717, 1.165) is 40.3 Å². The van der Waals surface area contributed by atoms with Gasteiger partial charge in [-0.25, -0.2) is 9.37 Å². The average molecular weight is 410 g/mol. The fourth-order valence-corrected chi connectivity index (χ4v) is 4.06. The van der Waals surface area contributed by atoms with Gasteiger partial charge in [0.15, 0.2) is 0 Å². The largest absolute Gasteiger partial charge is 0.377 e. The van der Waals surface area contributed by atoms with E-state index in [1.807, 2.05) is 25.2 Å². The average Bonchev–Trinajstić information content (AvgIpc) is 3.49. The second kappa shape index (κ2) is 7.52. The minimum Gasteiger partial charge on any atom is -0.377 e. The van der Waals surface area contributed by atoms with Crippen molar-refractivity contribution in [3.05, 3.63) is 30.6 Å². The van der Waals surface area contributed by atoms with E-state index in [0.29, 0.717) is 18.9 Å². The van der Waals surface area contributed by atoms with Crippen molar-refractivity contribution in [2.45, 2.75) is 19.5 Å². The van der Waals surface area contributed by atoms with E-state index >= 15 is 0 Å². The van der Waals surface area contributed by atoms with Gasteiger partial charge in [-0.05, 0) is 25.1 Å². The molecule has 4 aromatic rings. The van der Waals surface area contributed by atoms with Crippen molar-refractivity contribution in [3.8, 4) is 22.6 Å². The number of nitrogens with zero attached hydrogens (tertiary/aromatic N) is 7. The van der Waals surface area contributed by atoms with Crippen molar-refractivity contribution >= 4 is 16.9 Å². The highest BCUT2D eigenvalue weighted by Gasteiger charge is 2.26. The predicted octanol–water partition coefficient (Wildman–Crippen LogP) is 2.42. The Morgan fingerprint density at radius 3 is 3.00 bits per heavy atom. The molecule has 1 fully saturated rings. The first-order valence-corrected chi connectivity index (χ1v) is 9.98. The van der Waals surface area contributed by atoms with Crippen LogP contribution in [0.2, 0.25) is 0 Å². The topological polar surface area (TPSA) is 89.7 Å². The van der Waals surface area contributed by atoms with Crippen LogP contribution in [0.1, 0.15) is 6.92 Å². The molecule has 0 bridgehead atoms. The first-order chi connectivity index (χ1) is 14.7. The lowest BCUT2D eigenvalue weighted by molar-refractivity contribution is 0.0986. The monoisotopic (exact) mass is 410 g/mol. The van der Waals surface area contributed by atoms with Gasteiger partial charge in [0, 0.05) is 31.5 Å². The van der Waals surface area contributed by atoms with E-state index in [-0.39, 0.29) is 12.6 Å². The Morgan fingerprint density at radius 1 is 1.33 bits per heavy atom. The van der Waals surface area contributed by atoms with Gasteiger partial charge in [-0.2, -0.15) is 15.3 Å². The van der Waals surface area contributed by atoms with Crippen LogP contribution in [0, 0.1) is 0 Å². The van der Waals surface area contributed by atoms with Gasteiger partial charge in [-0.15, -0.1) is 0 Å². The van der Waals surface area contributed by atoms with Crippen LogP contribution in [-0.2, 0) is 18.3 Å². The number of alkyl halides is 1. The molecule has 5 heterocycles. The van der Waals surface area contributed by atoms with E-state index in [9.17, 15) is 4.39 Å². The van der Waals surface area contributed by atoms with Crippen LogP contribution in [0.25, 0.3) is 33.7 Å². The second-order valence-electron chi connectivity index (χ2n) is 7.40. The molecule has 0 unspecified atom stereocenters. The molecule has 9 nitrogen and oxygen atoms in total. The van der Waals surface area contributed by atoms with Crippen molar-refractivity contribution in [2.75, 3.05) is 31.3 Å². The summed E-state index contributed by atoms with van der Waals surface area (Å²) in [6, 6.07) is 6.02. The van der Waals surface area contributed by atoms with E-state index in [2.05, 4.69) is 27.1 Å². The number of halogens is 1. The third-order valence-corrected chi connectivity index (χ3v) is 5.47. The maximum atomic E-state index is 13.1. The summed E-state index contributed by atoms with van der Waals surface area (Å²) >= 11 is 0. The number of H-pyrrole nitrogens is 1. The fourth-order valence-electron chi connectivity index (χ4n) is 4.06. The molecule has 1 aliphatic rings. The lowest BCUT2D eigenvalue weighted by Gasteiger charge is -2.34. The quantitative estimate of drug-likeness (QED) is 0.544. The Labute approximate surface area is 172 Å². The highest BCUT2D eigenvalue weighted by molar-refractivity contribution is 5.99. The lowest BCUT2D eigenvalue weighted by atomic mass is 10.1. The molecule has 0 aromatic carbocycles. The van der Waals surface area contributed by atoms with Crippen LogP contribution in [0.15, 0.2) is 30.6 Å². The van der Waals surface area contributed by atoms with Crippen molar-refractivity contribution in [2.24, 2.45) is 7.05 Å². The summed E-state index contributed by atoms with van der Waals surface area (Å²) in [6.07, 6.45) is 3.46. The fraction of sp³-hybridized carbons (Fsp3) is 0.400. The van der Waals surface area contributed by atoms with Crippen molar-refractivity contribution in [1.82, 2.24) is 34.7 Å². The zero-order chi connectivity index (χ0) is 20.7. The molecule has 0 radical (unpaired) electrons. The molecule has 0 amide bonds. The highest BCUT2D eigenvalue weighted by Crippen LogP contribution is 2.36. The third kappa shape index (κ3) is 3.04. The Bertz CT molecular complexity index is 1170. The zero-order valence-corrected chi connectivity index (χ0v) is 16.9. The van der Waals surface area contributed by atoms with Gasteiger partial charge >= 0.3 is 0 Å². The maximum Gasteiger partial charge on any atom is 0.139 e. The molecule has 1 saturated heterocycles. The summed E-state index contributed by atoms with van der Waals surface area (Å²) in [5, 5.41) is 16.2. The summed E-state index contributed by atoms with van der Waals surface area (Å²) in [5.41, 5.74) is 4.79. The Morgan fingerprint density at radius 2 is 2.23 bits per heavy atom. The molecule has 1 N–H and O–H groups in total. The van der Waals surface area contributed by atoms with Crippen molar-refractivity contribution in [3.63, 3.8) is 0 Å². The number of rotatable bonds is 5. The van der Waals surface area contributed by atoms with Crippen LogP contribution in [-0.4, -0.2) is 67.2 Å². The summed E-state index contributed by atoms with van der Waals surface area (Å²) in [6.45, 7) is 3.88. The standard InChI is InChI=1S/C20H23FN8O/c1-13-12-30-10-9-28(13)17-11-14(16-4-7-23-29(16)8-5-21)20-19(24-17)18(26-27(20)2)15-3-6-22-25-15/h3-4,6-7,11,13H,5,8-10,12H2,1-2H3,(H,22,25)/t13-/m1/s1. The Hall–Kier alpha value is -3.27. The van der Waals surface area contributed by atoms with Crippen LogP contribution in [0.4, 0.5) is 10.2 Å². The maximum absolute atomic E-state index is 13.1. The number of fused-ring (bicyclic) bond motifs is 1. The van der Waals surface area contributed by atoms with E-state index in [1.54, 1.807) is 21.8 Å². The molecule has 10 heteroatoms. The van der Waals surface area contributed by atoms with Gasteiger partial charge in [0.05, 0.1) is 37.0 Å². The highest BCUT2D eigenvalue weighted by atomic mass is 19.1. The number of aromatic amines is 1. The van der Waals surface area contributed by atoms with Crippen LogP contribution >= 0.6 is 0 Å². The van der Waals surface area contributed by atoms with Crippen molar-refractivity contribution in [1.29, 1.82) is 0 Å². The van der Waals surface area contributed by atoms with Gasteiger partial charge in [0.25, 0.3) is 0 Å². The molecule has 30 heavy (non-hydrogen) atoms. The smallest absolute Gasteiger partial charge is 0.139 e. The summed E-state index contributed by atoms with van der Waals surface area (Å²) in [7, 11) is 1.89. The van der Waals surface area contributed by atoms with E-state index in [4.69, 9.17) is 14.8 Å². The first-order valence-electron chi connectivity index (χ1n) is 9.98.